The van der Waals surface area contributed by atoms with E-state index in [1.54, 1.807) is 6.92 Å². The van der Waals surface area contributed by atoms with Crippen LogP contribution >= 0.6 is 34.2 Å². The number of nitrogens with two attached hydrogens (primary N) is 1. The Morgan fingerprint density at radius 1 is 1.18 bits per heavy atom. The minimum Gasteiger partial charge on any atom is -0.481 e. The van der Waals surface area contributed by atoms with Gasteiger partial charge in [0.2, 0.25) is 0 Å². The van der Waals surface area contributed by atoms with Crippen molar-refractivity contribution in [3.63, 3.8) is 0 Å². The zero-order chi connectivity index (χ0) is 23.9. The summed E-state index contributed by atoms with van der Waals surface area (Å²) in [5, 5.41) is 12.2. The zero-order valence-corrected chi connectivity index (χ0v) is 20.4. The van der Waals surface area contributed by atoms with E-state index in [9.17, 15) is 14.7 Å². The molecule has 1 amide bonds. The van der Waals surface area contributed by atoms with E-state index in [2.05, 4.69) is 21.5 Å². The van der Waals surface area contributed by atoms with Gasteiger partial charge in [0.1, 0.15) is 22.1 Å². The number of carbonyl (C=O) groups excluding carboxylic acids is 1. The highest BCUT2D eigenvalue weighted by Crippen LogP contribution is 2.52. The van der Waals surface area contributed by atoms with Crippen molar-refractivity contribution < 1.29 is 19.4 Å². The molecule has 1 saturated carbocycles. The fourth-order valence-corrected chi connectivity index (χ4v) is 6.65. The Morgan fingerprint density at radius 3 is 2.59 bits per heavy atom. The molecule has 1 aromatic carbocycles. The van der Waals surface area contributed by atoms with E-state index in [-0.39, 0.29) is 5.82 Å². The number of fused-ring (bicyclic) bond motifs is 1. The molecule has 1 aliphatic rings. The van der Waals surface area contributed by atoms with Crippen LogP contribution in [-0.2, 0) is 14.9 Å². The highest BCUT2D eigenvalue weighted by Gasteiger charge is 2.53. The first-order valence-corrected chi connectivity index (χ1v) is 12.8. The quantitative estimate of drug-likeness (QED) is 0.292. The summed E-state index contributed by atoms with van der Waals surface area (Å²) in [5.41, 5.74) is 6.47. The lowest BCUT2D eigenvalue weighted by Crippen LogP contribution is -2.17. The Bertz CT molecular complexity index is 1420. The highest BCUT2D eigenvalue weighted by molar-refractivity contribution is 7.28. The summed E-state index contributed by atoms with van der Waals surface area (Å²) in [4.78, 5) is 26.3. The molecule has 34 heavy (non-hydrogen) atoms. The number of thiophene rings is 2. The van der Waals surface area contributed by atoms with E-state index in [0.29, 0.717) is 23.4 Å². The summed E-state index contributed by atoms with van der Waals surface area (Å²) in [6.07, 6.45) is 0.321. The van der Waals surface area contributed by atoms with Crippen molar-refractivity contribution in [2.24, 2.45) is 0 Å². The monoisotopic (exact) mass is 509 g/mol. The van der Waals surface area contributed by atoms with E-state index in [0.717, 1.165) is 36.3 Å². The molecule has 0 spiro atoms. The van der Waals surface area contributed by atoms with Gasteiger partial charge in [0.25, 0.3) is 0 Å². The number of nitrogens with zero attached hydrogens (tertiary/aromatic N) is 1. The Morgan fingerprint density at radius 2 is 1.91 bits per heavy atom. The van der Waals surface area contributed by atoms with Gasteiger partial charge in [0.05, 0.1) is 4.88 Å². The van der Waals surface area contributed by atoms with Crippen molar-refractivity contribution in [3.05, 3.63) is 62.7 Å². The van der Waals surface area contributed by atoms with Gasteiger partial charge in [0.15, 0.2) is 5.82 Å². The molecule has 7 nitrogen and oxygen atoms in total. The maximum atomic E-state index is 12.4. The van der Waals surface area contributed by atoms with E-state index < -0.39 is 23.6 Å². The number of amides is 1. The predicted octanol–water partition coefficient (Wildman–Crippen LogP) is 5.83. The Balaban J connectivity index is 1.30. The normalized spacial score (nSPS) is 14.7. The lowest BCUT2D eigenvalue weighted by atomic mass is 10.1. The van der Waals surface area contributed by atoms with Gasteiger partial charge in [0, 0.05) is 14.3 Å². The van der Waals surface area contributed by atoms with E-state index in [1.807, 2.05) is 42.5 Å². The van der Waals surface area contributed by atoms with Crippen molar-refractivity contribution in [1.82, 2.24) is 4.37 Å². The number of rotatable bonds is 5. The SMILES string of the molecule is CC(OC(=O)Nc1c(N)nsc1C#Cc1cc2sc(C3(C(=O)O)CC3)cc2s1)c1ccccc1. The summed E-state index contributed by atoms with van der Waals surface area (Å²) < 4.78 is 11.6. The third-order valence-corrected chi connectivity index (χ3v) is 8.83. The van der Waals surface area contributed by atoms with Gasteiger partial charge in [-0.05, 0) is 60.8 Å². The van der Waals surface area contributed by atoms with Crippen LogP contribution in [-0.4, -0.2) is 21.5 Å². The van der Waals surface area contributed by atoms with E-state index in [4.69, 9.17) is 10.5 Å². The molecule has 1 atom stereocenters. The molecule has 1 unspecified atom stereocenters. The number of hydrogen-bond acceptors (Lipinski definition) is 8. The topological polar surface area (TPSA) is 115 Å². The van der Waals surface area contributed by atoms with Crippen molar-refractivity contribution in [3.8, 4) is 11.8 Å². The number of carboxylic acids is 1. The first kappa shape index (κ1) is 22.4. The number of hydrogen-bond donors (Lipinski definition) is 3. The van der Waals surface area contributed by atoms with Crippen LogP contribution in [0.5, 0.6) is 0 Å². The lowest BCUT2D eigenvalue weighted by Gasteiger charge is -2.14. The largest absolute Gasteiger partial charge is 0.481 e. The molecule has 0 aliphatic heterocycles. The van der Waals surface area contributed by atoms with Crippen LogP contribution in [0.25, 0.3) is 9.40 Å². The smallest absolute Gasteiger partial charge is 0.412 e. The molecule has 0 saturated heterocycles. The van der Waals surface area contributed by atoms with Crippen LogP contribution in [0.2, 0.25) is 0 Å². The van der Waals surface area contributed by atoms with Crippen molar-refractivity contribution >= 4 is 67.2 Å². The van der Waals surface area contributed by atoms with Gasteiger partial charge in [-0.25, -0.2) is 4.79 Å². The predicted molar refractivity (Wildman–Crippen MR) is 136 cm³/mol. The second-order valence-corrected chi connectivity index (χ2v) is 10.9. The summed E-state index contributed by atoms with van der Waals surface area (Å²) in [6, 6.07) is 13.4. The fraction of sp³-hybridized carbons (Fsp3) is 0.208. The molecule has 0 bridgehead atoms. The molecule has 1 fully saturated rings. The molecular formula is C24H19N3O4S3. The van der Waals surface area contributed by atoms with Crippen molar-refractivity contribution in [2.75, 3.05) is 11.1 Å². The maximum Gasteiger partial charge on any atom is 0.412 e. The van der Waals surface area contributed by atoms with Crippen LogP contribution in [0.3, 0.4) is 0 Å². The number of benzene rings is 1. The second-order valence-electron chi connectivity index (χ2n) is 7.94. The molecule has 0 radical (unpaired) electrons. The second kappa shape index (κ2) is 8.76. The third kappa shape index (κ3) is 4.25. The number of anilines is 2. The first-order valence-electron chi connectivity index (χ1n) is 10.4. The Labute approximate surface area is 207 Å². The number of carbonyl (C=O) groups is 2. The zero-order valence-electron chi connectivity index (χ0n) is 18.0. The molecule has 3 heterocycles. The van der Waals surface area contributed by atoms with Crippen LogP contribution in [0.15, 0.2) is 42.5 Å². The van der Waals surface area contributed by atoms with Crippen LogP contribution in [0, 0.1) is 11.8 Å². The number of carboxylic acid groups (broad SMARTS) is 1. The summed E-state index contributed by atoms with van der Waals surface area (Å²) in [6.45, 7) is 1.79. The first-order chi connectivity index (χ1) is 16.4. The fourth-order valence-electron chi connectivity index (χ4n) is 3.53. The van der Waals surface area contributed by atoms with Gasteiger partial charge in [-0.2, -0.15) is 4.37 Å². The minimum absolute atomic E-state index is 0.179. The van der Waals surface area contributed by atoms with Crippen LogP contribution < -0.4 is 11.1 Å². The van der Waals surface area contributed by atoms with Crippen molar-refractivity contribution in [1.29, 1.82) is 0 Å². The number of nitrogen functional groups attached to an aromatic ring is 1. The number of ether oxygens (including phenoxy) is 1. The Kier molecular flexibility index (Phi) is 5.77. The molecule has 172 valence electrons. The summed E-state index contributed by atoms with van der Waals surface area (Å²) in [5.74, 6) is 5.58. The van der Waals surface area contributed by atoms with Crippen LogP contribution in [0.1, 0.15) is 46.1 Å². The molecular weight excluding hydrogens is 490 g/mol. The average Bonchev–Trinajstić information content (AvgIpc) is 3.26. The van der Waals surface area contributed by atoms with E-state index >= 15 is 0 Å². The number of aromatic nitrogens is 1. The maximum absolute atomic E-state index is 12.4. The number of aliphatic carboxylic acids is 1. The summed E-state index contributed by atoms with van der Waals surface area (Å²) >= 11 is 4.13. The Hall–Kier alpha value is -3.39. The molecule has 5 rings (SSSR count). The van der Waals surface area contributed by atoms with Gasteiger partial charge in [-0.3, -0.25) is 10.1 Å². The van der Waals surface area contributed by atoms with Gasteiger partial charge < -0.3 is 15.6 Å². The molecule has 3 aromatic heterocycles. The van der Waals surface area contributed by atoms with Gasteiger partial charge in [-0.1, -0.05) is 30.3 Å². The van der Waals surface area contributed by atoms with Crippen molar-refractivity contribution in [2.45, 2.75) is 31.3 Å². The molecule has 10 heteroatoms. The molecule has 4 N–H and O–H groups in total. The summed E-state index contributed by atoms with van der Waals surface area (Å²) in [7, 11) is 0. The lowest BCUT2D eigenvalue weighted by molar-refractivity contribution is -0.139. The highest BCUT2D eigenvalue weighted by atomic mass is 32.1. The molecule has 4 aromatic rings. The third-order valence-electron chi connectivity index (χ3n) is 5.64. The van der Waals surface area contributed by atoms with Crippen LogP contribution in [0.4, 0.5) is 16.3 Å². The number of nitrogens with one attached hydrogen (secondary N) is 1. The average molecular weight is 510 g/mol. The standard InChI is InChI=1S/C24H19N3O4S3/c1-13(14-5-3-2-4-6-14)31-23(30)26-20-16(34-27-21(20)25)8-7-15-11-17-18(32-15)12-19(33-17)24(9-10-24)22(28)29/h2-6,11-13H,9-10H2,1H3,(H2,25,27)(H,26,30)(H,28,29). The van der Waals surface area contributed by atoms with Gasteiger partial charge >= 0.3 is 12.1 Å². The van der Waals surface area contributed by atoms with E-state index in [1.165, 1.54) is 22.7 Å². The van der Waals surface area contributed by atoms with Gasteiger partial charge in [-0.15, -0.1) is 22.7 Å². The molecule has 1 aliphatic carbocycles. The minimum atomic E-state index is -0.749.